The average Bonchev–Trinajstić information content (AvgIpc) is 2.55. The monoisotopic (exact) mass is 285 g/mol. The highest BCUT2D eigenvalue weighted by Gasteiger charge is 2.08. The first-order valence-corrected chi connectivity index (χ1v) is 6.20. The van der Waals surface area contributed by atoms with Crippen LogP contribution in [0.3, 0.4) is 0 Å². The van der Waals surface area contributed by atoms with Crippen LogP contribution in [0.4, 0.5) is 0 Å². The van der Waals surface area contributed by atoms with E-state index < -0.39 is 0 Å². The molecule has 0 spiro atoms. The van der Waals surface area contributed by atoms with Gasteiger partial charge in [-0.25, -0.2) is 5.43 Å². The third-order valence-corrected chi connectivity index (χ3v) is 2.66. The number of hydrogen-bond donors (Lipinski definition) is 1. The van der Waals surface area contributed by atoms with Crippen molar-refractivity contribution in [2.75, 3.05) is 14.2 Å². The Bertz CT molecular complexity index is 620. The minimum atomic E-state index is -0.362. The van der Waals surface area contributed by atoms with Crippen LogP contribution in [-0.2, 0) is 0 Å². The highest BCUT2D eigenvalue weighted by molar-refractivity contribution is 5.95. The average molecular weight is 285 g/mol. The molecule has 108 valence electrons. The summed E-state index contributed by atoms with van der Waals surface area (Å²) < 4.78 is 10.2. The first-order chi connectivity index (χ1) is 10.2. The fourth-order valence-corrected chi connectivity index (χ4v) is 1.61. The Morgan fingerprint density at radius 3 is 2.48 bits per heavy atom. The normalized spacial score (nSPS) is 10.4. The van der Waals surface area contributed by atoms with Crippen molar-refractivity contribution in [1.29, 1.82) is 0 Å². The van der Waals surface area contributed by atoms with Gasteiger partial charge in [0.25, 0.3) is 5.91 Å². The summed E-state index contributed by atoms with van der Waals surface area (Å²) in [6, 6.07) is 10.3. The molecule has 0 radical (unpaired) electrons. The Hall–Kier alpha value is -2.89. The molecule has 1 heterocycles. The van der Waals surface area contributed by atoms with Gasteiger partial charge in [0.05, 0.1) is 26.1 Å². The topological polar surface area (TPSA) is 72.8 Å². The zero-order valence-electron chi connectivity index (χ0n) is 11.7. The van der Waals surface area contributed by atoms with Crippen molar-refractivity contribution in [3.8, 4) is 11.5 Å². The SMILES string of the molecule is COc1cc(OC)cc(C(=O)N/N=C\c2ccccn2)c1. The summed E-state index contributed by atoms with van der Waals surface area (Å²) >= 11 is 0. The van der Waals surface area contributed by atoms with Crippen molar-refractivity contribution in [2.24, 2.45) is 5.10 Å². The number of pyridine rings is 1. The van der Waals surface area contributed by atoms with Gasteiger partial charge in [0, 0.05) is 17.8 Å². The Morgan fingerprint density at radius 1 is 1.19 bits per heavy atom. The maximum Gasteiger partial charge on any atom is 0.271 e. The number of hydrazone groups is 1. The van der Waals surface area contributed by atoms with E-state index >= 15 is 0 Å². The predicted molar refractivity (Wildman–Crippen MR) is 78.8 cm³/mol. The fourth-order valence-electron chi connectivity index (χ4n) is 1.61. The molecule has 1 N–H and O–H groups in total. The number of methoxy groups -OCH3 is 2. The summed E-state index contributed by atoms with van der Waals surface area (Å²) in [6.45, 7) is 0. The molecule has 0 bridgehead atoms. The number of ether oxygens (including phenoxy) is 2. The zero-order valence-corrected chi connectivity index (χ0v) is 11.7. The predicted octanol–water partition coefficient (Wildman–Crippen LogP) is 1.86. The highest BCUT2D eigenvalue weighted by atomic mass is 16.5. The summed E-state index contributed by atoms with van der Waals surface area (Å²) in [7, 11) is 3.05. The second-order valence-corrected chi connectivity index (χ2v) is 4.06. The standard InChI is InChI=1S/C15H15N3O3/c1-20-13-7-11(8-14(9-13)21-2)15(19)18-17-10-12-5-3-4-6-16-12/h3-10H,1-2H3,(H,18,19)/b17-10-. The maximum absolute atomic E-state index is 12.0. The van der Waals surface area contributed by atoms with E-state index in [-0.39, 0.29) is 5.91 Å². The third-order valence-electron chi connectivity index (χ3n) is 2.66. The number of nitrogens with one attached hydrogen (secondary N) is 1. The maximum atomic E-state index is 12.0. The van der Waals surface area contributed by atoms with Crippen molar-refractivity contribution in [3.63, 3.8) is 0 Å². The van der Waals surface area contributed by atoms with Crippen LogP contribution in [0.25, 0.3) is 0 Å². The zero-order chi connectivity index (χ0) is 15.1. The third kappa shape index (κ3) is 4.04. The molecule has 0 aliphatic rings. The van der Waals surface area contributed by atoms with E-state index in [1.165, 1.54) is 20.4 Å². The van der Waals surface area contributed by atoms with Crippen LogP contribution < -0.4 is 14.9 Å². The van der Waals surface area contributed by atoms with E-state index in [0.29, 0.717) is 22.8 Å². The van der Waals surface area contributed by atoms with Crippen molar-refractivity contribution < 1.29 is 14.3 Å². The Kier molecular flexibility index (Phi) is 4.87. The molecule has 6 heteroatoms. The lowest BCUT2D eigenvalue weighted by Crippen LogP contribution is -2.17. The number of amides is 1. The van der Waals surface area contributed by atoms with Crippen molar-refractivity contribution >= 4 is 12.1 Å². The molecule has 0 fully saturated rings. The van der Waals surface area contributed by atoms with Gasteiger partial charge in [0.2, 0.25) is 0 Å². The first kappa shape index (κ1) is 14.5. The number of carbonyl (C=O) groups excluding carboxylic acids is 1. The van der Waals surface area contributed by atoms with Gasteiger partial charge >= 0.3 is 0 Å². The number of benzene rings is 1. The van der Waals surface area contributed by atoms with Gasteiger partial charge in [0.15, 0.2) is 0 Å². The molecule has 2 rings (SSSR count). The van der Waals surface area contributed by atoms with Crippen LogP contribution >= 0.6 is 0 Å². The number of carbonyl (C=O) groups is 1. The van der Waals surface area contributed by atoms with Crippen LogP contribution in [-0.4, -0.2) is 31.3 Å². The minimum absolute atomic E-state index is 0.362. The van der Waals surface area contributed by atoms with E-state index in [0.717, 1.165) is 0 Å². The van der Waals surface area contributed by atoms with Crippen LogP contribution in [0, 0.1) is 0 Å². The van der Waals surface area contributed by atoms with Crippen LogP contribution in [0.5, 0.6) is 11.5 Å². The largest absolute Gasteiger partial charge is 0.497 e. The Morgan fingerprint density at radius 2 is 1.90 bits per heavy atom. The van der Waals surface area contributed by atoms with E-state index in [9.17, 15) is 4.79 Å². The molecule has 6 nitrogen and oxygen atoms in total. The van der Waals surface area contributed by atoms with E-state index in [1.807, 2.05) is 6.07 Å². The Balaban J connectivity index is 2.08. The highest BCUT2D eigenvalue weighted by Crippen LogP contribution is 2.22. The molecule has 0 aliphatic carbocycles. The van der Waals surface area contributed by atoms with Gasteiger partial charge in [-0.05, 0) is 24.3 Å². The fraction of sp³-hybridized carbons (Fsp3) is 0.133. The first-order valence-electron chi connectivity index (χ1n) is 6.20. The van der Waals surface area contributed by atoms with Gasteiger partial charge in [-0.15, -0.1) is 0 Å². The smallest absolute Gasteiger partial charge is 0.271 e. The summed E-state index contributed by atoms with van der Waals surface area (Å²) in [6.07, 6.45) is 3.12. The molecule has 1 aromatic heterocycles. The summed E-state index contributed by atoms with van der Waals surface area (Å²) in [5.74, 6) is 0.709. The number of rotatable bonds is 5. The summed E-state index contributed by atoms with van der Waals surface area (Å²) in [5, 5.41) is 3.86. The summed E-state index contributed by atoms with van der Waals surface area (Å²) in [5.41, 5.74) is 3.48. The molecule has 2 aromatic rings. The second kappa shape index (κ2) is 7.04. The van der Waals surface area contributed by atoms with Gasteiger partial charge in [-0.3, -0.25) is 9.78 Å². The quantitative estimate of drug-likeness (QED) is 0.672. The lowest BCUT2D eigenvalue weighted by Gasteiger charge is -2.07. The molecule has 0 saturated carbocycles. The summed E-state index contributed by atoms with van der Waals surface area (Å²) in [4.78, 5) is 16.1. The molecular formula is C15H15N3O3. The molecule has 0 saturated heterocycles. The molecule has 0 aliphatic heterocycles. The van der Waals surface area contributed by atoms with Gasteiger partial charge in [-0.2, -0.15) is 5.10 Å². The van der Waals surface area contributed by atoms with Crippen molar-refractivity contribution in [2.45, 2.75) is 0 Å². The number of nitrogens with zero attached hydrogens (tertiary/aromatic N) is 2. The van der Waals surface area contributed by atoms with Gasteiger partial charge in [-0.1, -0.05) is 6.07 Å². The van der Waals surface area contributed by atoms with Crippen LogP contribution in [0.2, 0.25) is 0 Å². The van der Waals surface area contributed by atoms with Gasteiger partial charge < -0.3 is 9.47 Å². The van der Waals surface area contributed by atoms with Crippen molar-refractivity contribution in [1.82, 2.24) is 10.4 Å². The molecule has 1 aromatic carbocycles. The lowest BCUT2D eigenvalue weighted by atomic mass is 10.2. The molecular weight excluding hydrogens is 270 g/mol. The van der Waals surface area contributed by atoms with Crippen molar-refractivity contribution in [3.05, 3.63) is 53.9 Å². The van der Waals surface area contributed by atoms with E-state index in [2.05, 4.69) is 15.5 Å². The Labute approximate surface area is 122 Å². The van der Waals surface area contributed by atoms with Crippen LogP contribution in [0.15, 0.2) is 47.7 Å². The molecule has 21 heavy (non-hydrogen) atoms. The molecule has 1 amide bonds. The molecule has 0 unspecified atom stereocenters. The van der Waals surface area contributed by atoms with E-state index in [1.54, 1.807) is 36.5 Å². The molecule has 0 atom stereocenters. The second-order valence-electron chi connectivity index (χ2n) is 4.06. The number of hydrogen-bond acceptors (Lipinski definition) is 5. The van der Waals surface area contributed by atoms with Crippen LogP contribution in [0.1, 0.15) is 16.1 Å². The minimum Gasteiger partial charge on any atom is -0.497 e. The lowest BCUT2D eigenvalue weighted by molar-refractivity contribution is 0.0954. The van der Waals surface area contributed by atoms with Gasteiger partial charge in [0.1, 0.15) is 11.5 Å². The number of aromatic nitrogens is 1. The van der Waals surface area contributed by atoms with E-state index in [4.69, 9.17) is 9.47 Å².